The van der Waals surface area contributed by atoms with Gasteiger partial charge in [0, 0.05) is 51.0 Å². The van der Waals surface area contributed by atoms with E-state index in [9.17, 15) is 9.18 Å². The van der Waals surface area contributed by atoms with Gasteiger partial charge in [0.25, 0.3) is 5.91 Å². The fourth-order valence-corrected chi connectivity index (χ4v) is 2.96. The number of piperazine rings is 1. The molecule has 0 aliphatic carbocycles. The number of benzene rings is 1. The average Bonchev–Trinajstić information content (AvgIpc) is 2.68. The number of nitrogens with zero attached hydrogens (tertiary/aromatic N) is 5. The lowest BCUT2D eigenvalue weighted by atomic mass is 10.2. The number of carbonyl (C=O) groups excluding carboxylic acids is 1. The third-order valence-electron chi connectivity index (χ3n) is 4.51. The zero-order chi connectivity index (χ0) is 19.2. The van der Waals surface area contributed by atoms with E-state index in [1.165, 1.54) is 18.5 Å². The molecule has 3 rings (SSSR count). The van der Waals surface area contributed by atoms with E-state index in [0.717, 1.165) is 18.8 Å². The van der Waals surface area contributed by atoms with Crippen LogP contribution in [-0.4, -0.2) is 79.0 Å². The van der Waals surface area contributed by atoms with Crippen molar-refractivity contribution in [3.05, 3.63) is 48.2 Å². The summed E-state index contributed by atoms with van der Waals surface area (Å²) in [6.45, 7) is 4.23. The van der Waals surface area contributed by atoms with Crippen molar-refractivity contribution >= 4 is 17.4 Å². The number of likely N-dealkylation sites (N-methyl/N-ethyl adjacent to an activating group) is 1. The topological polar surface area (TPSA) is 64.6 Å². The van der Waals surface area contributed by atoms with Crippen molar-refractivity contribution in [2.45, 2.75) is 0 Å². The molecule has 2 heterocycles. The van der Waals surface area contributed by atoms with E-state index in [1.807, 2.05) is 14.1 Å². The van der Waals surface area contributed by atoms with Crippen LogP contribution in [0.5, 0.6) is 0 Å². The molecular formula is C19H25FN6O. The molecule has 0 spiro atoms. The Balaban J connectivity index is 1.56. The summed E-state index contributed by atoms with van der Waals surface area (Å²) in [4.78, 5) is 27.1. The van der Waals surface area contributed by atoms with Gasteiger partial charge in [0.15, 0.2) is 0 Å². The summed E-state index contributed by atoms with van der Waals surface area (Å²) in [6.07, 6.45) is 1.42. The van der Waals surface area contributed by atoms with Crippen LogP contribution in [0, 0.1) is 5.82 Å². The molecule has 1 aliphatic heterocycles. The molecule has 1 N–H and O–H groups in total. The summed E-state index contributed by atoms with van der Waals surface area (Å²) in [5.74, 6) is 0.318. The maximum Gasteiger partial charge on any atom is 0.272 e. The molecule has 0 saturated carbocycles. The predicted octanol–water partition coefficient (Wildman–Crippen LogP) is 1.55. The summed E-state index contributed by atoms with van der Waals surface area (Å²) in [5.41, 5.74) is 1.37. The molecular weight excluding hydrogens is 347 g/mol. The largest absolute Gasteiger partial charge is 0.369 e. The van der Waals surface area contributed by atoms with Crippen molar-refractivity contribution in [1.82, 2.24) is 19.8 Å². The summed E-state index contributed by atoms with van der Waals surface area (Å²) in [5, 5.41) is 3.20. The Morgan fingerprint density at radius 3 is 2.52 bits per heavy atom. The van der Waals surface area contributed by atoms with E-state index >= 15 is 0 Å². The van der Waals surface area contributed by atoms with Crippen LogP contribution >= 0.6 is 0 Å². The smallest absolute Gasteiger partial charge is 0.272 e. The van der Waals surface area contributed by atoms with Crippen LogP contribution in [-0.2, 0) is 0 Å². The van der Waals surface area contributed by atoms with E-state index in [-0.39, 0.29) is 11.7 Å². The Kier molecular flexibility index (Phi) is 6.18. The van der Waals surface area contributed by atoms with Crippen LogP contribution in [0.2, 0.25) is 0 Å². The zero-order valence-corrected chi connectivity index (χ0v) is 15.7. The fourth-order valence-electron chi connectivity index (χ4n) is 2.96. The normalized spacial score (nSPS) is 14.5. The molecule has 8 heteroatoms. The van der Waals surface area contributed by atoms with Crippen molar-refractivity contribution < 1.29 is 9.18 Å². The lowest BCUT2D eigenvalue weighted by molar-refractivity contribution is 0.0740. The molecule has 0 atom stereocenters. The minimum absolute atomic E-state index is 0.0909. The van der Waals surface area contributed by atoms with Crippen molar-refractivity contribution in [2.75, 3.05) is 63.6 Å². The predicted molar refractivity (Wildman–Crippen MR) is 104 cm³/mol. The SMILES string of the molecule is CN(C)CCNc1cc(C(=O)N2CCN(c3ccc(F)cc3)CC2)ncn1. The van der Waals surface area contributed by atoms with Gasteiger partial charge in [0.1, 0.15) is 23.7 Å². The first-order valence-corrected chi connectivity index (χ1v) is 9.03. The molecule has 2 aromatic rings. The number of carbonyl (C=O) groups is 1. The Labute approximate surface area is 158 Å². The van der Waals surface area contributed by atoms with Crippen molar-refractivity contribution in [2.24, 2.45) is 0 Å². The van der Waals surface area contributed by atoms with E-state index in [2.05, 4.69) is 25.1 Å². The lowest BCUT2D eigenvalue weighted by Crippen LogP contribution is -2.49. The monoisotopic (exact) mass is 372 g/mol. The Morgan fingerprint density at radius 1 is 1.15 bits per heavy atom. The third kappa shape index (κ3) is 5.13. The number of hydrogen-bond donors (Lipinski definition) is 1. The van der Waals surface area contributed by atoms with Crippen LogP contribution in [0.4, 0.5) is 15.9 Å². The van der Waals surface area contributed by atoms with Gasteiger partial charge in [0.2, 0.25) is 0 Å². The summed E-state index contributed by atoms with van der Waals surface area (Å²) >= 11 is 0. The molecule has 1 aliphatic rings. The van der Waals surface area contributed by atoms with Gasteiger partial charge in [-0.3, -0.25) is 4.79 Å². The fraction of sp³-hybridized carbons (Fsp3) is 0.421. The average molecular weight is 372 g/mol. The summed E-state index contributed by atoms with van der Waals surface area (Å²) in [6, 6.07) is 8.15. The second kappa shape index (κ2) is 8.77. The highest BCUT2D eigenvalue weighted by molar-refractivity contribution is 5.93. The van der Waals surface area contributed by atoms with Gasteiger partial charge in [-0.25, -0.2) is 14.4 Å². The minimum Gasteiger partial charge on any atom is -0.369 e. The molecule has 1 aromatic carbocycles. The van der Waals surface area contributed by atoms with Crippen molar-refractivity contribution in [3.8, 4) is 0 Å². The van der Waals surface area contributed by atoms with Crippen molar-refractivity contribution in [1.29, 1.82) is 0 Å². The molecule has 1 saturated heterocycles. The Hall–Kier alpha value is -2.74. The van der Waals surface area contributed by atoms with Gasteiger partial charge in [-0.05, 0) is 38.4 Å². The molecule has 1 aromatic heterocycles. The van der Waals surface area contributed by atoms with Gasteiger partial charge >= 0.3 is 0 Å². The maximum atomic E-state index is 13.1. The molecule has 7 nitrogen and oxygen atoms in total. The van der Waals surface area contributed by atoms with Crippen LogP contribution in [0.25, 0.3) is 0 Å². The Bertz CT molecular complexity index is 759. The molecule has 1 amide bonds. The van der Waals surface area contributed by atoms with Crippen molar-refractivity contribution in [3.63, 3.8) is 0 Å². The quantitative estimate of drug-likeness (QED) is 0.830. The van der Waals surface area contributed by atoms with E-state index < -0.39 is 0 Å². The van der Waals surface area contributed by atoms with E-state index in [4.69, 9.17) is 0 Å². The van der Waals surface area contributed by atoms with Gasteiger partial charge in [-0.1, -0.05) is 0 Å². The van der Waals surface area contributed by atoms with Gasteiger partial charge in [-0.2, -0.15) is 0 Å². The highest BCUT2D eigenvalue weighted by atomic mass is 19.1. The Morgan fingerprint density at radius 2 is 1.85 bits per heavy atom. The molecule has 1 fully saturated rings. The minimum atomic E-state index is -0.244. The first-order chi connectivity index (χ1) is 13.0. The van der Waals surface area contributed by atoms with Gasteiger partial charge in [-0.15, -0.1) is 0 Å². The third-order valence-corrected chi connectivity index (χ3v) is 4.51. The van der Waals surface area contributed by atoms with Gasteiger partial charge < -0.3 is 20.0 Å². The summed E-state index contributed by atoms with van der Waals surface area (Å²) < 4.78 is 13.1. The van der Waals surface area contributed by atoms with Crippen LogP contribution < -0.4 is 10.2 Å². The zero-order valence-electron chi connectivity index (χ0n) is 15.7. The second-order valence-corrected chi connectivity index (χ2v) is 6.77. The summed E-state index contributed by atoms with van der Waals surface area (Å²) in [7, 11) is 4.00. The highest BCUT2D eigenvalue weighted by Gasteiger charge is 2.23. The molecule has 0 unspecified atom stereocenters. The number of aromatic nitrogens is 2. The van der Waals surface area contributed by atoms with Crippen LogP contribution in [0.3, 0.4) is 0 Å². The first-order valence-electron chi connectivity index (χ1n) is 9.03. The standard InChI is InChI=1S/C19H25FN6O/c1-24(2)8-7-21-18-13-17(22-14-23-18)19(27)26-11-9-25(10-12-26)16-5-3-15(20)4-6-16/h3-6,13-14H,7-12H2,1-2H3,(H,21,22,23). The van der Waals surface area contributed by atoms with Crippen LogP contribution in [0.15, 0.2) is 36.7 Å². The van der Waals surface area contributed by atoms with Gasteiger partial charge in [0.05, 0.1) is 0 Å². The van der Waals surface area contributed by atoms with E-state index in [0.29, 0.717) is 37.7 Å². The number of nitrogens with one attached hydrogen (secondary N) is 1. The number of anilines is 2. The molecule has 0 radical (unpaired) electrons. The highest BCUT2D eigenvalue weighted by Crippen LogP contribution is 2.18. The lowest BCUT2D eigenvalue weighted by Gasteiger charge is -2.36. The molecule has 27 heavy (non-hydrogen) atoms. The number of amides is 1. The van der Waals surface area contributed by atoms with Crippen LogP contribution in [0.1, 0.15) is 10.5 Å². The molecule has 0 bridgehead atoms. The van der Waals surface area contributed by atoms with E-state index in [1.54, 1.807) is 23.1 Å². The molecule has 144 valence electrons. The first kappa shape index (κ1) is 19.0. The second-order valence-electron chi connectivity index (χ2n) is 6.77. The number of rotatable bonds is 6. The number of hydrogen-bond acceptors (Lipinski definition) is 6. The maximum absolute atomic E-state index is 13.1. The number of halogens is 1.